The van der Waals surface area contributed by atoms with Crippen LogP contribution in [0, 0.1) is 0 Å². The maximum Gasteiger partial charge on any atom is 0.238 e. The minimum Gasteiger partial charge on any atom is -0.378 e. The minimum atomic E-state index is -0.00477. The van der Waals surface area contributed by atoms with Crippen LogP contribution in [-0.2, 0) is 4.79 Å². The quantitative estimate of drug-likeness (QED) is 0.618. The Bertz CT molecular complexity index is 1030. The molecule has 0 spiro atoms. The monoisotopic (exact) mass is 439 g/mol. The Morgan fingerprint density at radius 1 is 1.16 bits per heavy atom. The smallest absolute Gasteiger partial charge is 0.238 e. The van der Waals surface area contributed by atoms with Gasteiger partial charge in [-0.2, -0.15) is 4.98 Å². The molecule has 1 fully saturated rings. The molecule has 2 aromatic carbocycles. The number of carbonyl (C=O) groups is 1. The number of nitrogens with one attached hydrogen (secondary N) is 1. The molecule has 0 atom stereocenters. The first-order valence-corrected chi connectivity index (χ1v) is 10.8. The van der Waals surface area contributed by atoms with Crippen molar-refractivity contribution in [1.82, 2.24) is 15.0 Å². The van der Waals surface area contributed by atoms with Crippen molar-refractivity contribution < 1.29 is 9.32 Å². The van der Waals surface area contributed by atoms with Crippen molar-refractivity contribution in [3.8, 4) is 11.4 Å². The highest BCUT2D eigenvalue weighted by molar-refractivity contribution is 6.33. The second kappa shape index (κ2) is 9.49. The number of likely N-dealkylation sites (tertiary alicyclic amines) is 1. The summed E-state index contributed by atoms with van der Waals surface area (Å²) in [5.74, 6) is 1.35. The van der Waals surface area contributed by atoms with Crippen LogP contribution in [-0.4, -0.2) is 54.7 Å². The van der Waals surface area contributed by atoms with E-state index in [-0.39, 0.29) is 11.8 Å². The molecule has 0 unspecified atom stereocenters. The molecule has 1 aliphatic rings. The number of hydrogen-bond donors (Lipinski definition) is 1. The lowest BCUT2D eigenvalue weighted by Gasteiger charge is -2.29. The average Bonchev–Trinajstić information content (AvgIpc) is 3.25. The fourth-order valence-electron chi connectivity index (χ4n) is 3.74. The van der Waals surface area contributed by atoms with E-state index in [1.54, 1.807) is 0 Å². The normalized spacial score (nSPS) is 15.1. The molecule has 2 heterocycles. The summed E-state index contributed by atoms with van der Waals surface area (Å²) in [6.07, 6.45) is 1.74. The summed E-state index contributed by atoms with van der Waals surface area (Å²) in [5.41, 5.74) is 2.68. The maximum absolute atomic E-state index is 12.4. The lowest BCUT2D eigenvalue weighted by Crippen LogP contribution is -2.38. The van der Waals surface area contributed by atoms with Gasteiger partial charge in [-0.05, 0) is 62.3 Å². The Balaban J connectivity index is 1.28. The highest BCUT2D eigenvalue weighted by Crippen LogP contribution is 2.30. The molecule has 0 aliphatic carbocycles. The van der Waals surface area contributed by atoms with Gasteiger partial charge >= 0.3 is 0 Å². The van der Waals surface area contributed by atoms with Crippen LogP contribution >= 0.6 is 11.6 Å². The summed E-state index contributed by atoms with van der Waals surface area (Å²) in [7, 11) is 3.98. The second-order valence-electron chi connectivity index (χ2n) is 7.98. The Morgan fingerprint density at radius 3 is 2.55 bits per heavy atom. The molecule has 0 saturated carbocycles. The molecule has 31 heavy (non-hydrogen) atoms. The number of halogens is 1. The van der Waals surface area contributed by atoms with Crippen molar-refractivity contribution in [3.63, 3.8) is 0 Å². The molecule has 4 rings (SSSR count). The molecule has 1 N–H and O–H groups in total. The van der Waals surface area contributed by atoms with Gasteiger partial charge in [-0.1, -0.05) is 28.9 Å². The summed E-state index contributed by atoms with van der Waals surface area (Å²) >= 11 is 6.23. The highest BCUT2D eigenvalue weighted by Gasteiger charge is 2.26. The molecular weight excluding hydrogens is 414 g/mol. The fourth-order valence-corrected chi connectivity index (χ4v) is 3.96. The molecule has 1 amide bonds. The largest absolute Gasteiger partial charge is 0.378 e. The minimum absolute atomic E-state index is 0.00477. The average molecular weight is 440 g/mol. The summed E-state index contributed by atoms with van der Waals surface area (Å²) in [6, 6.07) is 15.3. The predicted molar refractivity (Wildman–Crippen MR) is 123 cm³/mol. The molecule has 8 heteroatoms. The zero-order chi connectivity index (χ0) is 21.8. The van der Waals surface area contributed by atoms with Crippen LogP contribution in [0.2, 0.25) is 5.02 Å². The number of nitrogens with zero attached hydrogens (tertiary/aromatic N) is 4. The van der Waals surface area contributed by atoms with E-state index in [1.165, 1.54) is 0 Å². The van der Waals surface area contributed by atoms with Crippen molar-refractivity contribution in [2.45, 2.75) is 18.8 Å². The van der Waals surface area contributed by atoms with Gasteiger partial charge in [0.05, 0.1) is 11.6 Å². The van der Waals surface area contributed by atoms with Crippen molar-refractivity contribution in [2.75, 3.05) is 43.9 Å². The van der Waals surface area contributed by atoms with E-state index in [4.69, 9.17) is 16.1 Å². The van der Waals surface area contributed by atoms with Gasteiger partial charge in [0, 0.05) is 37.0 Å². The summed E-state index contributed by atoms with van der Waals surface area (Å²) in [4.78, 5) is 21.2. The van der Waals surface area contributed by atoms with E-state index in [1.807, 2.05) is 67.5 Å². The maximum atomic E-state index is 12.4. The zero-order valence-corrected chi connectivity index (χ0v) is 18.5. The van der Waals surface area contributed by atoms with Crippen LogP contribution < -0.4 is 10.2 Å². The molecule has 3 aromatic rings. The third-order valence-electron chi connectivity index (χ3n) is 5.53. The van der Waals surface area contributed by atoms with Crippen molar-refractivity contribution in [3.05, 3.63) is 59.4 Å². The number of benzene rings is 2. The lowest BCUT2D eigenvalue weighted by atomic mass is 9.97. The predicted octanol–water partition coefficient (Wildman–Crippen LogP) is 4.27. The lowest BCUT2D eigenvalue weighted by molar-refractivity contribution is -0.117. The van der Waals surface area contributed by atoms with Crippen LogP contribution in [0.4, 0.5) is 11.4 Å². The summed E-state index contributed by atoms with van der Waals surface area (Å²) in [5, 5.41) is 7.68. The van der Waals surface area contributed by atoms with Gasteiger partial charge in [-0.3, -0.25) is 9.69 Å². The molecule has 7 nitrogen and oxygen atoms in total. The number of hydrogen-bond acceptors (Lipinski definition) is 6. The molecule has 0 radical (unpaired) electrons. The zero-order valence-electron chi connectivity index (χ0n) is 17.7. The fraction of sp³-hybridized carbons (Fsp3) is 0.348. The number of anilines is 2. The molecule has 1 aromatic heterocycles. The molecule has 1 aliphatic heterocycles. The summed E-state index contributed by atoms with van der Waals surface area (Å²) in [6.45, 7) is 1.99. The van der Waals surface area contributed by atoms with Crippen LogP contribution in [0.5, 0.6) is 0 Å². The van der Waals surface area contributed by atoms with Crippen molar-refractivity contribution in [2.24, 2.45) is 0 Å². The molecule has 0 bridgehead atoms. The first kappa shape index (κ1) is 21.3. The van der Waals surface area contributed by atoms with E-state index in [9.17, 15) is 4.79 Å². The van der Waals surface area contributed by atoms with Crippen molar-refractivity contribution in [1.29, 1.82) is 0 Å². The highest BCUT2D eigenvalue weighted by atomic mass is 35.5. The number of carbonyl (C=O) groups excluding carboxylic acids is 1. The summed E-state index contributed by atoms with van der Waals surface area (Å²) < 4.78 is 5.51. The SMILES string of the molecule is CN(C)c1ccc(NC(=O)CN2CCC(c3nc(-c4ccccc4Cl)no3)CC2)cc1. The third-order valence-corrected chi connectivity index (χ3v) is 5.86. The standard InChI is InChI=1S/C23H26ClN5O2/c1-28(2)18-9-7-17(8-10-18)25-21(30)15-29-13-11-16(12-14-29)23-26-22(27-31-23)19-5-3-4-6-20(19)24/h3-10,16H,11-15H2,1-2H3,(H,25,30). The Labute approximate surface area is 187 Å². The van der Waals surface area contributed by atoms with Crippen molar-refractivity contribution >= 4 is 28.9 Å². The molecule has 162 valence electrons. The van der Waals surface area contributed by atoms with Crippen LogP contribution in [0.15, 0.2) is 53.1 Å². The van der Waals surface area contributed by atoms with Crippen LogP contribution in [0.3, 0.4) is 0 Å². The van der Waals surface area contributed by atoms with Crippen LogP contribution in [0.25, 0.3) is 11.4 Å². The Kier molecular flexibility index (Phi) is 6.53. The first-order valence-electron chi connectivity index (χ1n) is 10.4. The van der Waals surface area contributed by atoms with E-state index in [2.05, 4.69) is 20.4 Å². The molecule has 1 saturated heterocycles. The van der Waals surface area contributed by atoms with Gasteiger partial charge < -0.3 is 14.7 Å². The van der Waals surface area contributed by atoms with Gasteiger partial charge in [0.2, 0.25) is 17.6 Å². The van der Waals surface area contributed by atoms with E-state index >= 15 is 0 Å². The Morgan fingerprint density at radius 2 is 1.87 bits per heavy atom. The number of amides is 1. The van der Waals surface area contributed by atoms with Gasteiger partial charge in [0.15, 0.2) is 0 Å². The number of aromatic nitrogens is 2. The molecular formula is C23H26ClN5O2. The van der Waals surface area contributed by atoms with Crippen LogP contribution in [0.1, 0.15) is 24.7 Å². The van der Waals surface area contributed by atoms with E-state index in [0.717, 1.165) is 42.9 Å². The topological polar surface area (TPSA) is 74.5 Å². The Hall–Kier alpha value is -2.90. The second-order valence-corrected chi connectivity index (χ2v) is 8.38. The third kappa shape index (κ3) is 5.24. The van der Waals surface area contributed by atoms with Gasteiger partial charge in [-0.25, -0.2) is 0 Å². The van der Waals surface area contributed by atoms with E-state index in [0.29, 0.717) is 23.3 Å². The van der Waals surface area contributed by atoms with Gasteiger partial charge in [0.25, 0.3) is 0 Å². The van der Waals surface area contributed by atoms with Gasteiger partial charge in [0.1, 0.15) is 0 Å². The number of piperidine rings is 1. The first-order chi connectivity index (χ1) is 15.0. The van der Waals surface area contributed by atoms with E-state index < -0.39 is 0 Å². The number of rotatable bonds is 6. The van der Waals surface area contributed by atoms with Gasteiger partial charge in [-0.15, -0.1) is 0 Å².